The summed E-state index contributed by atoms with van der Waals surface area (Å²) in [6.07, 6.45) is 4.12. The Bertz CT molecular complexity index is 940. The van der Waals surface area contributed by atoms with E-state index in [0.717, 1.165) is 36.9 Å². The van der Waals surface area contributed by atoms with Crippen molar-refractivity contribution in [3.63, 3.8) is 0 Å². The SMILES string of the molecule is CCC(C)(C)C1CCc2c(sc(NC(=O)CSc3nc(C)cc(N)n3)c2C#N)C1. The molecule has 0 radical (unpaired) electrons. The van der Waals surface area contributed by atoms with Crippen molar-refractivity contribution in [2.45, 2.75) is 58.5 Å². The maximum atomic E-state index is 12.5. The van der Waals surface area contributed by atoms with Gasteiger partial charge < -0.3 is 11.1 Å². The predicted molar refractivity (Wildman–Crippen MR) is 119 cm³/mol. The van der Waals surface area contributed by atoms with E-state index >= 15 is 0 Å². The van der Waals surface area contributed by atoms with Crippen LogP contribution in [0.15, 0.2) is 11.2 Å². The molecule has 0 bridgehead atoms. The van der Waals surface area contributed by atoms with Crippen molar-refractivity contribution in [2.75, 3.05) is 16.8 Å². The van der Waals surface area contributed by atoms with Crippen LogP contribution in [0.5, 0.6) is 0 Å². The Morgan fingerprint density at radius 1 is 1.48 bits per heavy atom. The number of amides is 1. The molecule has 2 aromatic heterocycles. The van der Waals surface area contributed by atoms with Crippen molar-refractivity contribution in [3.05, 3.63) is 27.8 Å². The third-order valence-corrected chi connectivity index (χ3v) is 7.85. The summed E-state index contributed by atoms with van der Waals surface area (Å²) >= 11 is 2.80. The van der Waals surface area contributed by atoms with Gasteiger partial charge in [0.2, 0.25) is 5.91 Å². The molecule has 0 saturated carbocycles. The van der Waals surface area contributed by atoms with E-state index in [0.29, 0.717) is 27.5 Å². The summed E-state index contributed by atoms with van der Waals surface area (Å²) in [6, 6.07) is 4.00. The molecule has 1 aliphatic rings. The fourth-order valence-corrected chi connectivity index (χ4v) is 5.68. The second-order valence-corrected chi connectivity index (χ2v) is 10.2. The van der Waals surface area contributed by atoms with Gasteiger partial charge in [-0.15, -0.1) is 11.3 Å². The lowest BCUT2D eigenvalue weighted by atomic mass is 9.69. The number of nitrogens with two attached hydrogens (primary N) is 1. The average molecular weight is 430 g/mol. The topological polar surface area (TPSA) is 105 Å². The van der Waals surface area contributed by atoms with E-state index in [9.17, 15) is 10.1 Å². The molecule has 0 aliphatic heterocycles. The molecule has 8 heteroatoms. The van der Waals surface area contributed by atoms with E-state index in [1.54, 1.807) is 17.4 Å². The van der Waals surface area contributed by atoms with Crippen LogP contribution in [0, 0.1) is 29.6 Å². The van der Waals surface area contributed by atoms with Gasteiger partial charge in [-0.2, -0.15) is 5.26 Å². The van der Waals surface area contributed by atoms with Gasteiger partial charge in [0.1, 0.15) is 16.9 Å². The van der Waals surface area contributed by atoms with Crippen LogP contribution in [0.25, 0.3) is 0 Å². The highest BCUT2D eigenvalue weighted by Crippen LogP contribution is 2.45. The van der Waals surface area contributed by atoms with Crippen LogP contribution < -0.4 is 11.1 Å². The summed E-state index contributed by atoms with van der Waals surface area (Å²) in [6.45, 7) is 8.72. The summed E-state index contributed by atoms with van der Waals surface area (Å²) < 4.78 is 0. The van der Waals surface area contributed by atoms with E-state index in [1.807, 2.05) is 6.92 Å². The number of aryl methyl sites for hydroxylation is 1. The van der Waals surface area contributed by atoms with Gasteiger partial charge in [-0.1, -0.05) is 39.0 Å². The Hall–Kier alpha value is -2.11. The van der Waals surface area contributed by atoms with Gasteiger partial charge in [0.15, 0.2) is 5.16 Å². The minimum atomic E-state index is -0.167. The number of fused-ring (bicyclic) bond motifs is 1. The Labute approximate surface area is 180 Å². The Morgan fingerprint density at radius 2 is 2.24 bits per heavy atom. The van der Waals surface area contributed by atoms with Crippen LogP contribution in [0.1, 0.15) is 55.3 Å². The quantitative estimate of drug-likeness (QED) is 0.515. The number of carbonyl (C=O) groups excluding carboxylic acids is 1. The van der Waals surface area contributed by atoms with Crippen LogP contribution in [0.4, 0.5) is 10.8 Å². The normalized spacial score (nSPS) is 16.2. The molecule has 154 valence electrons. The standard InChI is InChI=1S/C21H27N5OS2/c1-5-21(3,4)13-6-7-14-15(10-22)19(29-16(14)9-13)26-18(27)11-28-20-24-12(2)8-17(23)25-20/h8,13H,5-7,9,11H2,1-4H3,(H,26,27)(H2,23,24,25). The second kappa shape index (κ2) is 8.72. The third-order valence-electron chi connectivity index (χ3n) is 5.83. The number of nitrogen functional groups attached to an aromatic ring is 1. The first kappa shape index (κ1) is 21.6. The molecule has 1 unspecified atom stereocenters. The Balaban J connectivity index is 1.70. The number of thiophene rings is 1. The van der Waals surface area contributed by atoms with Crippen molar-refractivity contribution in [3.8, 4) is 6.07 Å². The van der Waals surface area contributed by atoms with E-state index in [2.05, 4.69) is 42.1 Å². The molecule has 1 atom stereocenters. The number of rotatable bonds is 6. The van der Waals surface area contributed by atoms with Gasteiger partial charge >= 0.3 is 0 Å². The number of aromatic nitrogens is 2. The predicted octanol–water partition coefficient (Wildman–Crippen LogP) is 4.57. The molecular formula is C21H27N5OS2. The minimum absolute atomic E-state index is 0.167. The molecular weight excluding hydrogens is 402 g/mol. The van der Waals surface area contributed by atoms with Gasteiger partial charge in [-0.25, -0.2) is 9.97 Å². The van der Waals surface area contributed by atoms with Crippen molar-refractivity contribution in [2.24, 2.45) is 11.3 Å². The van der Waals surface area contributed by atoms with Gasteiger partial charge in [0, 0.05) is 16.6 Å². The van der Waals surface area contributed by atoms with Crippen molar-refractivity contribution < 1.29 is 4.79 Å². The number of nitriles is 1. The number of hydrogen-bond acceptors (Lipinski definition) is 7. The van der Waals surface area contributed by atoms with E-state index in [-0.39, 0.29) is 17.1 Å². The summed E-state index contributed by atoms with van der Waals surface area (Å²) in [5.74, 6) is 0.997. The maximum absolute atomic E-state index is 12.5. The highest BCUT2D eigenvalue weighted by Gasteiger charge is 2.34. The van der Waals surface area contributed by atoms with Crippen molar-refractivity contribution >= 4 is 39.8 Å². The molecule has 29 heavy (non-hydrogen) atoms. The largest absolute Gasteiger partial charge is 0.384 e. The van der Waals surface area contributed by atoms with Crippen LogP contribution in [-0.4, -0.2) is 21.6 Å². The monoisotopic (exact) mass is 429 g/mol. The number of hydrogen-bond donors (Lipinski definition) is 2. The zero-order chi connectivity index (χ0) is 21.2. The fraction of sp³-hybridized carbons (Fsp3) is 0.524. The molecule has 0 aromatic carbocycles. The molecule has 0 spiro atoms. The molecule has 3 N–H and O–H groups in total. The molecule has 0 saturated heterocycles. The summed E-state index contributed by atoms with van der Waals surface area (Å²) in [7, 11) is 0. The summed E-state index contributed by atoms with van der Waals surface area (Å²) in [5, 5.41) is 13.8. The molecule has 2 heterocycles. The molecule has 6 nitrogen and oxygen atoms in total. The van der Waals surface area contributed by atoms with E-state index in [1.165, 1.54) is 16.6 Å². The first-order chi connectivity index (χ1) is 13.7. The Morgan fingerprint density at radius 3 is 2.90 bits per heavy atom. The van der Waals surface area contributed by atoms with Crippen LogP contribution in [-0.2, 0) is 17.6 Å². The minimum Gasteiger partial charge on any atom is -0.384 e. The zero-order valence-electron chi connectivity index (χ0n) is 17.3. The van der Waals surface area contributed by atoms with Crippen molar-refractivity contribution in [1.29, 1.82) is 5.26 Å². The van der Waals surface area contributed by atoms with E-state index < -0.39 is 0 Å². The summed E-state index contributed by atoms with van der Waals surface area (Å²) in [5.41, 5.74) is 8.54. The third kappa shape index (κ3) is 4.90. The zero-order valence-corrected chi connectivity index (χ0v) is 19.0. The number of nitrogens with zero attached hydrogens (tertiary/aromatic N) is 3. The summed E-state index contributed by atoms with van der Waals surface area (Å²) in [4.78, 5) is 22.2. The average Bonchev–Trinajstić information content (AvgIpc) is 3.01. The Kier molecular flexibility index (Phi) is 6.49. The first-order valence-corrected chi connectivity index (χ1v) is 11.6. The van der Waals surface area contributed by atoms with Gasteiger partial charge in [-0.3, -0.25) is 4.79 Å². The fourth-order valence-electron chi connectivity index (χ4n) is 3.67. The highest BCUT2D eigenvalue weighted by molar-refractivity contribution is 7.99. The first-order valence-electron chi connectivity index (χ1n) is 9.82. The lowest BCUT2D eigenvalue weighted by molar-refractivity contribution is -0.113. The lowest BCUT2D eigenvalue weighted by Gasteiger charge is -2.36. The van der Waals surface area contributed by atoms with Crippen LogP contribution in [0.3, 0.4) is 0 Å². The number of anilines is 2. The van der Waals surface area contributed by atoms with Crippen molar-refractivity contribution in [1.82, 2.24) is 9.97 Å². The van der Waals surface area contributed by atoms with E-state index in [4.69, 9.17) is 5.73 Å². The molecule has 2 aromatic rings. The maximum Gasteiger partial charge on any atom is 0.235 e. The molecule has 3 rings (SSSR count). The van der Waals surface area contributed by atoms with Gasteiger partial charge in [0.25, 0.3) is 0 Å². The second-order valence-electron chi connectivity index (χ2n) is 8.16. The van der Waals surface area contributed by atoms with Crippen LogP contribution in [0.2, 0.25) is 0 Å². The van der Waals surface area contributed by atoms with Gasteiger partial charge in [-0.05, 0) is 43.1 Å². The molecule has 0 fully saturated rings. The van der Waals surface area contributed by atoms with Crippen LogP contribution >= 0.6 is 23.1 Å². The number of nitrogens with one attached hydrogen (secondary N) is 1. The number of carbonyl (C=O) groups is 1. The molecule has 1 amide bonds. The number of thioether (sulfide) groups is 1. The lowest BCUT2D eigenvalue weighted by Crippen LogP contribution is -2.28. The smallest absolute Gasteiger partial charge is 0.235 e. The highest BCUT2D eigenvalue weighted by atomic mass is 32.2. The van der Waals surface area contributed by atoms with Gasteiger partial charge in [0.05, 0.1) is 11.3 Å². The molecule has 1 aliphatic carbocycles.